The van der Waals surface area contributed by atoms with Gasteiger partial charge in [-0.1, -0.05) is 83.7 Å². The summed E-state index contributed by atoms with van der Waals surface area (Å²) in [7, 11) is 1.56. The molecule has 4 aromatic rings. The van der Waals surface area contributed by atoms with E-state index in [1.54, 1.807) is 61.1 Å². The maximum absolute atomic E-state index is 14.2. The molecule has 0 saturated carbocycles. The molecule has 0 N–H and O–H groups in total. The molecule has 2 heterocycles. The van der Waals surface area contributed by atoms with Crippen molar-refractivity contribution in [3.8, 4) is 11.5 Å². The number of para-hydroxylation sites is 1. The van der Waals surface area contributed by atoms with Crippen molar-refractivity contribution in [3.05, 3.63) is 123 Å². The van der Waals surface area contributed by atoms with Crippen LogP contribution in [-0.2, 0) is 16.1 Å². The molecule has 3 aromatic carbocycles. The van der Waals surface area contributed by atoms with Crippen LogP contribution in [0, 0.1) is 0 Å². The minimum absolute atomic E-state index is 0.185. The Balaban J connectivity index is 1.66. The third kappa shape index (κ3) is 6.59. The molecular weight excluding hydrogens is 643 g/mol. The Hall–Kier alpha value is -3.56. The van der Waals surface area contributed by atoms with Gasteiger partial charge in [0.2, 0.25) is 0 Å². The molecule has 1 aliphatic heterocycles. The molecular formula is C33H29Cl3N2O5S. The van der Waals surface area contributed by atoms with Crippen molar-refractivity contribution in [2.45, 2.75) is 39.3 Å². The van der Waals surface area contributed by atoms with Gasteiger partial charge in [-0.2, -0.15) is 0 Å². The number of hydrogen-bond acceptors (Lipinski definition) is 7. The lowest BCUT2D eigenvalue weighted by molar-refractivity contribution is -0.139. The van der Waals surface area contributed by atoms with Crippen LogP contribution >= 0.6 is 46.1 Å². The number of esters is 1. The van der Waals surface area contributed by atoms with Crippen LogP contribution < -0.4 is 24.4 Å². The first-order chi connectivity index (χ1) is 21.2. The number of nitrogens with zero attached hydrogens (tertiary/aromatic N) is 2. The number of allylic oxidation sites excluding steroid dienone is 1. The Kier molecular flexibility index (Phi) is 10.2. The summed E-state index contributed by atoms with van der Waals surface area (Å²) in [5.74, 6) is 0.545. The highest BCUT2D eigenvalue weighted by atomic mass is 35.5. The van der Waals surface area contributed by atoms with Crippen molar-refractivity contribution in [1.29, 1.82) is 0 Å². The summed E-state index contributed by atoms with van der Waals surface area (Å²) in [6.07, 6.45) is 3.01. The lowest BCUT2D eigenvalue weighted by Crippen LogP contribution is -2.40. The van der Waals surface area contributed by atoms with E-state index in [4.69, 9.17) is 54.0 Å². The molecule has 0 amide bonds. The number of rotatable bonds is 10. The Morgan fingerprint density at radius 2 is 1.82 bits per heavy atom. The predicted molar refractivity (Wildman–Crippen MR) is 175 cm³/mol. The van der Waals surface area contributed by atoms with Crippen LogP contribution in [0.2, 0.25) is 15.1 Å². The molecule has 0 aliphatic carbocycles. The Bertz CT molecular complexity index is 1930. The molecule has 44 heavy (non-hydrogen) atoms. The van der Waals surface area contributed by atoms with Crippen LogP contribution in [-0.4, -0.2) is 24.3 Å². The standard InChI is InChI=1S/C33H29Cl3N2O5S/c1-4-8-25-29(32(40)42-5-2)30(22-9-6-7-10-27(22)41-3)38-31(39)28(44-33(38)37-25)17-20-16-21(34)12-14-26(20)43-18-19-11-13-23(35)24(36)15-19/h6-7,9-17,30H,4-5,8,18H2,1-3H3/b28-17-/t30-/m0/s1. The van der Waals surface area contributed by atoms with E-state index in [2.05, 4.69) is 0 Å². The van der Waals surface area contributed by atoms with E-state index in [9.17, 15) is 9.59 Å². The second-order valence-electron chi connectivity index (χ2n) is 9.87. The molecule has 0 unspecified atom stereocenters. The second-order valence-corrected chi connectivity index (χ2v) is 12.1. The first-order valence-electron chi connectivity index (χ1n) is 14.0. The van der Waals surface area contributed by atoms with E-state index >= 15 is 0 Å². The summed E-state index contributed by atoms with van der Waals surface area (Å²) in [6, 6.07) is 17.0. The first kappa shape index (κ1) is 31.9. The highest BCUT2D eigenvalue weighted by Crippen LogP contribution is 2.37. The molecule has 5 rings (SSSR count). The maximum Gasteiger partial charge on any atom is 0.338 e. The summed E-state index contributed by atoms with van der Waals surface area (Å²) >= 11 is 19.8. The van der Waals surface area contributed by atoms with Gasteiger partial charge in [0.25, 0.3) is 5.56 Å². The van der Waals surface area contributed by atoms with Crippen LogP contribution in [0.4, 0.5) is 0 Å². The van der Waals surface area contributed by atoms with Gasteiger partial charge in [0.15, 0.2) is 4.80 Å². The van der Waals surface area contributed by atoms with Crippen molar-refractivity contribution >= 4 is 58.2 Å². The van der Waals surface area contributed by atoms with Crippen LogP contribution in [0.1, 0.15) is 49.4 Å². The molecule has 7 nitrogen and oxygen atoms in total. The number of halogens is 3. The lowest BCUT2D eigenvalue weighted by Gasteiger charge is -2.26. The molecule has 0 fully saturated rings. The number of fused-ring (bicyclic) bond motifs is 1. The minimum atomic E-state index is -0.796. The highest BCUT2D eigenvalue weighted by molar-refractivity contribution is 7.07. The largest absolute Gasteiger partial charge is 0.496 e. The van der Waals surface area contributed by atoms with Crippen LogP contribution in [0.3, 0.4) is 0 Å². The molecule has 0 saturated heterocycles. The summed E-state index contributed by atoms with van der Waals surface area (Å²) in [5.41, 5.74) is 2.68. The highest BCUT2D eigenvalue weighted by Gasteiger charge is 2.35. The fourth-order valence-corrected chi connectivity index (χ4v) is 6.51. The van der Waals surface area contributed by atoms with E-state index in [1.807, 2.05) is 31.2 Å². The molecule has 1 aromatic heterocycles. The normalized spacial score (nSPS) is 14.7. The number of thiazole rings is 1. The van der Waals surface area contributed by atoms with E-state index in [0.717, 1.165) is 12.0 Å². The topological polar surface area (TPSA) is 79.1 Å². The van der Waals surface area contributed by atoms with Gasteiger partial charge < -0.3 is 14.2 Å². The monoisotopic (exact) mass is 670 g/mol. The smallest absolute Gasteiger partial charge is 0.338 e. The van der Waals surface area contributed by atoms with E-state index in [1.165, 1.54) is 11.3 Å². The fraction of sp³-hybridized carbons (Fsp3) is 0.242. The molecule has 11 heteroatoms. The van der Waals surface area contributed by atoms with Gasteiger partial charge in [0, 0.05) is 16.1 Å². The molecule has 1 atom stereocenters. The number of methoxy groups -OCH3 is 1. The van der Waals surface area contributed by atoms with Gasteiger partial charge in [-0.15, -0.1) is 0 Å². The number of ether oxygens (including phenoxy) is 3. The zero-order chi connectivity index (χ0) is 31.4. The van der Waals surface area contributed by atoms with E-state index in [0.29, 0.717) is 64.7 Å². The third-order valence-corrected chi connectivity index (χ3v) is 8.92. The van der Waals surface area contributed by atoms with Crippen molar-refractivity contribution in [2.75, 3.05) is 13.7 Å². The lowest BCUT2D eigenvalue weighted by atomic mass is 9.93. The average molecular weight is 672 g/mol. The quantitative estimate of drug-likeness (QED) is 0.168. The molecule has 1 aliphatic rings. The van der Waals surface area contributed by atoms with Gasteiger partial charge in [0.1, 0.15) is 24.1 Å². The predicted octanol–water partition coefficient (Wildman–Crippen LogP) is 7.13. The van der Waals surface area contributed by atoms with Crippen LogP contribution in [0.15, 0.2) is 81.7 Å². The summed E-state index contributed by atoms with van der Waals surface area (Å²) in [4.78, 5) is 32.9. The number of carbonyl (C=O) groups excluding carboxylic acids is 1. The summed E-state index contributed by atoms with van der Waals surface area (Å²) < 4.78 is 19.2. The second kappa shape index (κ2) is 14.0. The van der Waals surface area contributed by atoms with Crippen LogP contribution in [0.25, 0.3) is 6.08 Å². The van der Waals surface area contributed by atoms with Crippen LogP contribution in [0.5, 0.6) is 11.5 Å². The number of aromatic nitrogens is 1. The number of benzene rings is 3. The van der Waals surface area contributed by atoms with Gasteiger partial charge in [-0.3, -0.25) is 9.36 Å². The molecule has 0 radical (unpaired) electrons. The Morgan fingerprint density at radius 1 is 1.02 bits per heavy atom. The minimum Gasteiger partial charge on any atom is -0.496 e. The zero-order valence-electron chi connectivity index (χ0n) is 24.2. The van der Waals surface area contributed by atoms with Gasteiger partial charge in [-0.05, 0) is 61.4 Å². The zero-order valence-corrected chi connectivity index (χ0v) is 27.3. The molecule has 228 valence electrons. The number of hydrogen-bond donors (Lipinski definition) is 0. The van der Waals surface area contributed by atoms with Crippen molar-refractivity contribution < 1.29 is 19.0 Å². The van der Waals surface area contributed by atoms with E-state index in [-0.39, 0.29) is 18.8 Å². The molecule has 0 spiro atoms. The van der Waals surface area contributed by atoms with Gasteiger partial charge >= 0.3 is 5.97 Å². The Morgan fingerprint density at radius 3 is 2.55 bits per heavy atom. The van der Waals surface area contributed by atoms with Gasteiger partial charge in [0.05, 0.1) is 39.6 Å². The summed E-state index contributed by atoms with van der Waals surface area (Å²) in [6.45, 7) is 4.16. The molecule has 0 bridgehead atoms. The van der Waals surface area contributed by atoms with Crippen molar-refractivity contribution in [2.24, 2.45) is 4.99 Å². The van der Waals surface area contributed by atoms with Gasteiger partial charge in [-0.25, -0.2) is 9.79 Å². The van der Waals surface area contributed by atoms with Crippen molar-refractivity contribution in [3.63, 3.8) is 0 Å². The Labute approximate surface area is 273 Å². The SMILES string of the molecule is CCCC1=C(C(=O)OCC)[C@H](c2ccccc2OC)n2c(s/c(=C\c3cc(Cl)ccc3OCc3ccc(Cl)c(Cl)c3)c2=O)=N1. The fourth-order valence-electron chi connectivity index (χ4n) is 5.00. The maximum atomic E-state index is 14.2. The first-order valence-corrected chi connectivity index (χ1v) is 15.9. The average Bonchev–Trinajstić information content (AvgIpc) is 3.32. The van der Waals surface area contributed by atoms with E-state index < -0.39 is 12.0 Å². The third-order valence-electron chi connectivity index (χ3n) is 6.96. The van der Waals surface area contributed by atoms with Crippen molar-refractivity contribution in [1.82, 2.24) is 4.57 Å². The summed E-state index contributed by atoms with van der Waals surface area (Å²) in [5, 5.41) is 1.37. The number of carbonyl (C=O) groups is 1.